The molecule has 1 aromatic heterocycles. The molecule has 28 heavy (non-hydrogen) atoms. The average molecular weight is 381 g/mol. The number of hydrogen-bond acceptors (Lipinski definition) is 5. The van der Waals surface area contributed by atoms with Crippen LogP contribution in [0, 0.1) is 6.92 Å². The molecular formula is C21H23N3O4. The molecule has 0 spiro atoms. The Balaban J connectivity index is 1.57. The van der Waals surface area contributed by atoms with E-state index in [1.54, 1.807) is 0 Å². The molecule has 2 amide bonds. The number of aromatic hydroxyl groups is 1. The molecule has 0 saturated carbocycles. The number of amides is 2. The van der Waals surface area contributed by atoms with Crippen molar-refractivity contribution in [1.82, 2.24) is 10.3 Å². The number of phenols is 1. The van der Waals surface area contributed by atoms with Gasteiger partial charge in [0.1, 0.15) is 11.5 Å². The molecular weight excluding hydrogens is 358 g/mol. The topological polar surface area (TPSA) is 95.1 Å². The summed E-state index contributed by atoms with van der Waals surface area (Å²) in [6.45, 7) is 3.43. The van der Waals surface area contributed by atoms with Crippen molar-refractivity contribution in [3.05, 3.63) is 52.5 Å². The molecule has 0 unspecified atom stereocenters. The second-order valence-corrected chi connectivity index (χ2v) is 7.25. The van der Waals surface area contributed by atoms with E-state index in [9.17, 15) is 14.7 Å². The van der Waals surface area contributed by atoms with Gasteiger partial charge in [-0.15, -0.1) is 0 Å². The largest absolute Gasteiger partial charge is 0.508 e. The first-order valence-electron chi connectivity index (χ1n) is 9.62. The van der Waals surface area contributed by atoms with Gasteiger partial charge in [-0.05, 0) is 56.9 Å². The number of carbonyl (C=O) groups is 2. The average Bonchev–Trinajstić information content (AvgIpc) is 3.35. The first-order valence-corrected chi connectivity index (χ1v) is 9.62. The maximum Gasteiger partial charge on any atom is 0.289 e. The summed E-state index contributed by atoms with van der Waals surface area (Å²) < 4.78 is 5.93. The van der Waals surface area contributed by atoms with Crippen LogP contribution in [-0.4, -0.2) is 40.6 Å². The van der Waals surface area contributed by atoms with Crippen molar-refractivity contribution in [2.45, 2.75) is 39.0 Å². The molecule has 7 nitrogen and oxygen atoms in total. The molecule has 1 saturated heterocycles. The third-order valence-corrected chi connectivity index (χ3v) is 5.34. The number of benzene rings is 1. The maximum atomic E-state index is 12.8. The van der Waals surface area contributed by atoms with E-state index in [1.807, 2.05) is 11.8 Å². The minimum absolute atomic E-state index is 0.0584. The lowest BCUT2D eigenvalue weighted by molar-refractivity contribution is 0.0758. The van der Waals surface area contributed by atoms with Crippen LogP contribution in [0.5, 0.6) is 5.75 Å². The standard InChI is InChI=1S/C21H23N3O4/c1-13-18-16(22-23-20(26)14-7-9-15(25)10-8-14)5-4-6-17(18)28-19(13)21(27)24-11-2-3-12-24/h7-10,25H,2-6,11-12H2,1H3,(H,23,26)/b22-16+. The monoisotopic (exact) mass is 381 g/mol. The van der Waals surface area contributed by atoms with Crippen LogP contribution < -0.4 is 5.43 Å². The van der Waals surface area contributed by atoms with Gasteiger partial charge in [-0.2, -0.15) is 5.10 Å². The molecule has 2 aliphatic rings. The molecule has 1 fully saturated rings. The molecule has 1 aliphatic heterocycles. The lowest BCUT2D eigenvalue weighted by atomic mass is 9.93. The Morgan fingerprint density at radius 2 is 1.82 bits per heavy atom. The lowest BCUT2D eigenvalue weighted by Crippen LogP contribution is -2.27. The summed E-state index contributed by atoms with van der Waals surface area (Å²) in [5.41, 5.74) is 5.36. The summed E-state index contributed by atoms with van der Waals surface area (Å²) in [4.78, 5) is 26.9. The SMILES string of the molecule is Cc1c(C(=O)N2CCCC2)oc2c1/C(=N/NC(=O)c1ccc(O)cc1)CCC2. The third-order valence-electron chi connectivity index (χ3n) is 5.34. The summed E-state index contributed by atoms with van der Waals surface area (Å²) in [6, 6.07) is 5.98. The number of likely N-dealkylation sites (tertiary alicyclic amines) is 1. The molecule has 146 valence electrons. The number of nitrogens with one attached hydrogen (secondary N) is 1. The van der Waals surface area contributed by atoms with Gasteiger partial charge in [0.15, 0.2) is 5.76 Å². The number of hydrogen-bond donors (Lipinski definition) is 2. The van der Waals surface area contributed by atoms with Crippen LogP contribution in [0.4, 0.5) is 0 Å². The number of furan rings is 1. The summed E-state index contributed by atoms with van der Waals surface area (Å²) in [6.07, 6.45) is 4.38. The summed E-state index contributed by atoms with van der Waals surface area (Å²) in [5.74, 6) is 0.852. The van der Waals surface area contributed by atoms with Crippen molar-refractivity contribution < 1.29 is 19.1 Å². The van der Waals surface area contributed by atoms with Gasteiger partial charge in [0.2, 0.25) is 0 Å². The summed E-state index contributed by atoms with van der Waals surface area (Å²) in [5, 5.41) is 13.7. The van der Waals surface area contributed by atoms with E-state index in [1.165, 1.54) is 24.3 Å². The fourth-order valence-electron chi connectivity index (χ4n) is 3.84. The van der Waals surface area contributed by atoms with E-state index in [4.69, 9.17) is 4.42 Å². The minimum Gasteiger partial charge on any atom is -0.508 e. The quantitative estimate of drug-likeness (QED) is 0.799. The fourth-order valence-corrected chi connectivity index (χ4v) is 3.84. The molecule has 1 aliphatic carbocycles. The zero-order valence-corrected chi connectivity index (χ0v) is 15.8. The number of fused-ring (bicyclic) bond motifs is 1. The highest BCUT2D eigenvalue weighted by molar-refractivity contribution is 6.07. The van der Waals surface area contributed by atoms with Gasteiger partial charge in [0.25, 0.3) is 11.8 Å². The highest BCUT2D eigenvalue weighted by atomic mass is 16.4. The number of phenolic OH excluding ortho intramolecular Hbond substituents is 1. The zero-order chi connectivity index (χ0) is 19.7. The van der Waals surface area contributed by atoms with Crippen molar-refractivity contribution in [3.63, 3.8) is 0 Å². The van der Waals surface area contributed by atoms with Crippen LogP contribution >= 0.6 is 0 Å². The van der Waals surface area contributed by atoms with E-state index >= 15 is 0 Å². The molecule has 4 rings (SSSR count). The van der Waals surface area contributed by atoms with Gasteiger partial charge in [0, 0.05) is 36.2 Å². The predicted octanol–water partition coefficient (Wildman–Crippen LogP) is 3.00. The first-order chi connectivity index (χ1) is 13.5. The van der Waals surface area contributed by atoms with Gasteiger partial charge in [0.05, 0.1) is 5.71 Å². The van der Waals surface area contributed by atoms with Crippen LogP contribution in [-0.2, 0) is 6.42 Å². The molecule has 0 atom stereocenters. The normalized spacial score (nSPS) is 17.6. The number of nitrogens with zero attached hydrogens (tertiary/aromatic N) is 2. The Kier molecular flexibility index (Phi) is 4.90. The van der Waals surface area contributed by atoms with Gasteiger partial charge >= 0.3 is 0 Å². The van der Waals surface area contributed by atoms with E-state index in [0.29, 0.717) is 17.7 Å². The van der Waals surface area contributed by atoms with Crippen molar-refractivity contribution in [3.8, 4) is 5.75 Å². The number of rotatable bonds is 3. The van der Waals surface area contributed by atoms with E-state index in [0.717, 1.165) is 61.4 Å². The first kappa shape index (κ1) is 18.3. The highest BCUT2D eigenvalue weighted by Crippen LogP contribution is 2.31. The molecule has 7 heteroatoms. The molecule has 0 radical (unpaired) electrons. The summed E-state index contributed by atoms with van der Waals surface area (Å²) in [7, 11) is 0. The van der Waals surface area contributed by atoms with Gasteiger partial charge in [-0.1, -0.05) is 0 Å². The van der Waals surface area contributed by atoms with Gasteiger partial charge in [-0.25, -0.2) is 5.43 Å². The molecule has 0 bridgehead atoms. The summed E-state index contributed by atoms with van der Waals surface area (Å²) >= 11 is 0. The Morgan fingerprint density at radius 3 is 2.54 bits per heavy atom. The van der Waals surface area contributed by atoms with E-state index < -0.39 is 0 Å². The lowest BCUT2D eigenvalue weighted by Gasteiger charge is -2.14. The Hall–Kier alpha value is -3.09. The third kappa shape index (κ3) is 3.40. The van der Waals surface area contributed by atoms with Crippen molar-refractivity contribution in [2.24, 2.45) is 5.10 Å². The maximum absolute atomic E-state index is 12.8. The zero-order valence-electron chi connectivity index (χ0n) is 15.8. The molecule has 2 heterocycles. The Labute approximate surface area is 163 Å². The van der Waals surface area contributed by atoms with Crippen molar-refractivity contribution in [2.75, 3.05) is 13.1 Å². The van der Waals surface area contributed by atoms with Crippen molar-refractivity contribution >= 4 is 17.5 Å². The number of aryl methyl sites for hydroxylation is 1. The van der Waals surface area contributed by atoms with E-state index in [-0.39, 0.29) is 17.6 Å². The van der Waals surface area contributed by atoms with Gasteiger partial charge < -0.3 is 14.4 Å². The van der Waals surface area contributed by atoms with Crippen LogP contribution in [0.3, 0.4) is 0 Å². The van der Waals surface area contributed by atoms with Crippen LogP contribution in [0.25, 0.3) is 0 Å². The van der Waals surface area contributed by atoms with Crippen LogP contribution in [0.2, 0.25) is 0 Å². The minimum atomic E-state index is -0.353. The number of hydrazone groups is 1. The van der Waals surface area contributed by atoms with Crippen LogP contribution in [0.15, 0.2) is 33.8 Å². The Bertz CT molecular complexity index is 937. The Morgan fingerprint density at radius 1 is 1.11 bits per heavy atom. The molecule has 2 N–H and O–H groups in total. The van der Waals surface area contributed by atoms with Crippen molar-refractivity contribution in [1.29, 1.82) is 0 Å². The predicted molar refractivity (Wildman–Crippen MR) is 104 cm³/mol. The highest BCUT2D eigenvalue weighted by Gasteiger charge is 2.31. The molecule has 1 aromatic carbocycles. The van der Waals surface area contributed by atoms with Crippen LogP contribution in [0.1, 0.15) is 63.5 Å². The second-order valence-electron chi connectivity index (χ2n) is 7.25. The van der Waals surface area contributed by atoms with Gasteiger partial charge in [-0.3, -0.25) is 9.59 Å². The smallest absolute Gasteiger partial charge is 0.289 e. The van der Waals surface area contributed by atoms with E-state index in [2.05, 4.69) is 10.5 Å². The second kappa shape index (κ2) is 7.50. The molecule has 2 aromatic rings. The number of carbonyl (C=O) groups excluding carboxylic acids is 2. The fraction of sp³-hybridized carbons (Fsp3) is 0.381.